The lowest BCUT2D eigenvalue weighted by molar-refractivity contribution is -0.122. The van der Waals surface area contributed by atoms with Gasteiger partial charge in [-0.2, -0.15) is 5.10 Å². The number of hydrazine groups is 1. The number of amides is 1. The number of benzene rings is 2. The van der Waals surface area contributed by atoms with Gasteiger partial charge in [-0.3, -0.25) is 4.79 Å². The van der Waals surface area contributed by atoms with Gasteiger partial charge in [0.15, 0.2) is 0 Å². The lowest BCUT2D eigenvalue weighted by Crippen LogP contribution is -2.41. The molecule has 2 aromatic carbocycles. The van der Waals surface area contributed by atoms with Gasteiger partial charge in [0.1, 0.15) is 6.04 Å². The molecule has 1 aliphatic heterocycles. The molecule has 1 aliphatic rings. The molecule has 1 fully saturated rings. The fraction of sp³-hybridized carbons (Fsp3) is 0.176. The van der Waals surface area contributed by atoms with Crippen molar-refractivity contribution in [1.29, 1.82) is 0 Å². The predicted molar refractivity (Wildman–Crippen MR) is 96.1 cm³/mol. The van der Waals surface area contributed by atoms with E-state index in [1.54, 1.807) is 24.4 Å². The molecule has 3 rings (SSSR count). The summed E-state index contributed by atoms with van der Waals surface area (Å²) in [5.41, 5.74) is 10.4. The first kappa shape index (κ1) is 16.9. The van der Waals surface area contributed by atoms with Crippen LogP contribution in [-0.4, -0.2) is 18.2 Å². The Hall–Kier alpha value is -1.92. The molecule has 1 saturated heterocycles. The predicted octanol–water partition coefficient (Wildman–Crippen LogP) is 3.05. The molecule has 2 aromatic rings. The second-order valence-corrected chi connectivity index (χ2v) is 6.28. The first-order valence-electron chi connectivity index (χ1n) is 7.47. The van der Waals surface area contributed by atoms with Gasteiger partial charge < -0.3 is 0 Å². The van der Waals surface area contributed by atoms with Crippen LogP contribution in [0.5, 0.6) is 0 Å². The fourth-order valence-electron chi connectivity index (χ4n) is 2.50. The fourth-order valence-corrected chi connectivity index (χ4v) is 2.93. The molecule has 0 radical (unpaired) electrons. The number of hydrogen-bond acceptors (Lipinski definition) is 4. The van der Waals surface area contributed by atoms with Gasteiger partial charge in [-0.15, -0.1) is 0 Å². The Bertz CT molecular complexity index is 752. The van der Waals surface area contributed by atoms with Gasteiger partial charge in [0.2, 0.25) is 0 Å². The largest absolute Gasteiger partial charge is 0.271 e. The second kappa shape index (κ2) is 7.77. The average molecular weight is 363 g/mol. The topological polar surface area (TPSA) is 65.5 Å². The summed E-state index contributed by atoms with van der Waals surface area (Å²) < 4.78 is 0. The normalized spacial score (nSPS) is 20.4. The lowest BCUT2D eigenvalue weighted by Gasteiger charge is -2.12. The van der Waals surface area contributed by atoms with Crippen molar-refractivity contribution in [2.45, 2.75) is 18.5 Å². The van der Waals surface area contributed by atoms with E-state index >= 15 is 0 Å². The third kappa shape index (κ3) is 4.13. The second-order valence-electron chi connectivity index (χ2n) is 5.44. The minimum absolute atomic E-state index is 0.0925. The molecular formula is C17H16Cl2N4O. The molecule has 24 heavy (non-hydrogen) atoms. The van der Waals surface area contributed by atoms with E-state index in [1.807, 2.05) is 30.3 Å². The van der Waals surface area contributed by atoms with Crippen LogP contribution in [0.2, 0.25) is 10.0 Å². The van der Waals surface area contributed by atoms with E-state index in [0.717, 1.165) is 11.1 Å². The van der Waals surface area contributed by atoms with Gasteiger partial charge in [0, 0.05) is 16.1 Å². The van der Waals surface area contributed by atoms with Crippen LogP contribution in [0.1, 0.15) is 23.6 Å². The summed E-state index contributed by atoms with van der Waals surface area (Å²) in [6, 6.07) is 14.3. The molecule has 2 atom stereocenters. The number of carbonyl (C=O) groups excluding carboxylic acids is 1. The summed E-state index contributed by atoms with van der Waals surface area (Å²) >= 11 is 12.2. The molecular weight excluding hydrogens is 347 g/mol. The Morgan fingerprint density at radius 2 is 1.96 bits per heavy atom. The van der Waals surface area contributed by atoms with Crippen molar-refractivity contribution >= 4 is 35.3 Å². The number of hydrogen-bond donors (Lipinski definition) is 3. The van der Waals surface area contributed by atoms with Gasteiger partial charge >= 0.3 is 0 Å². The van der Waals surface area contributed by atoms with Crippen LogP contribution >= 0.6 is 23.2 Å². The van der Waals surface area contributed by atoms with Crippen molar-refractivity contribution in [2.75, 3.05) is 0 Å². The van der Waals surface area contributed by atoms with Crippen LogP contribution in [-0.2, 0) is 4.79 Å². The zero-order valence-electron chi connectivity index (χ0n) is 12.7. The molecule has 3 N–H and O–H groups in total. The molecule has 7 heteroatoms. The number of rotatable bonds is 4. The minimum Gasteiger partial charge on any atom is -0.271 e. The van der Waals surface area contributed by atoms with Gasteiger partial charge in [-0.1, -0.05) is 53.5 Å². The van der Waals surface area contributed by atoms with Gasteiger partial charge in [0.05, 0.1) is 6.21 Å². The zero-order valence-corrected chi connectivity index (χ0v) is 14.2. The summed E-state index contributed by atoms with van der Waals surface area (Å²) in [5.74, 6) is -0.213. The molecule has 0 aromatic heterocycles. The number of halogens is 2. The van der Waals surface area contributed by atoms with E-state index in [0.29, 0.717) is 16.5 Å². The third-order valence-electron chi connectivity index (χ3n) is 3.74. The van der Waals surface area contributed by atoms with Crippen LogP contribution in [0.25, 0.3) is 0 Å². The Kier molecular flexibility index (Phi) is 5.48. The minimum atomic E-state index is -0.405. The maximum absolute atomic E-state index is 12.2. The summed E-state index contributed by atoms with van der Waals surface area (Å²) in [7, 11) is 0. The van der Waals surface area contributed by atoms with Crippen LogP contribution in [0.3, 0.4) is 0 Å². The Morgan fingerprint density at radius 1 is 1.17 bits per heavy atom. The van der Waals surface area contributed by atoms with Crippen LogP contribution in [0, 0.1) is 0 Å². The highest BCUT2D eigenvalue weighted by Gasteiger charge is 2.31. The highest BCUT2D eigenvalue weighted by atomic mass is 35.5. The first-order chi connectivity index (χ1) is 11.6. The monoisotopic (exact) mass is 362 g/mol. The van der Waals surface area contributed by atoms with Crippen molar-refractivity contribution < 1.29 is 4.79 Å². The highest BCUT2D eigenvalue weighted by Crippen LogP contribution is 2.30. The quantitative estimate of drug-likeness (QED) is 0.578. The van der Waals surface area contributed by atoms with Crippen molar-refractivity contribution in [3.8, 4) is 0 Å². The van der Waals surface area contributed by atoms with E-state index < -0.39 is 6.04 Å². The van der Waals surface area contributed by atoms with E-state index in [4.69, 9.17) is 23.2 Å². The van der Waals surface area contributed by atoms with Crippen LogP contribution in [0.4, 0.5) is 0 Å². The van der Waals surface area contributed by atoms with Crippen molar-refractivity contribution in [1.82, 2.24) is 16.3 Å². The highest BCUT2D eigenvalue weighted by molar-refractivity contribution is 6.33. The smallest absolute Gasteiger partial charge is 0.258 e. The first-order valence-corrected chi connectivity index (χ1v) is 8.23. The summed E-state index contributed by atoms with van der Waals surface area (Å²) in [4.78, 5) is 12.2. The average Bonchev–Trinajstić information content (AvgIpc) is 3.08. The van der Waals surface area contributed by atoms with Gasteiger partial charge in [0.25, 0.3) is 5.91 Å². The van der Waals surface area contributed by atoms with Crippen LogP contribution in [0.15, 0.2) is 53.6 Å². The molecule has 1 heterocycles. The molecule has 0 saturated carbocycles. The lowest BCUT2D eigenvalue weighted by atomic mass is 10.0. The Morgan fingerprint density at radius 3 is 2.75 bits per heavy atom. The number of hydrazone groups is 1. The molecule has 124 valence electrons. The van der Waals surface area contributed by atoms with E-state index in [9.17, 15) is 4.79 Å². The standard InChI is InChI=1S/C17H16Cl2N4O/c18-12-6-7-14(19)13(8-12)15-9-16(22-21-15)17(24)23-20-10-11-4-2-1-3-5-11/h1-8,10,15-16,21-22H,9H2,(H,23,24)/b20-10+. The maximum Gasteiger partial charge on any atom is 0.258 e. The van der Waals surface area contributed by atoms with Crippen LogP contribution < -0.4 is 16.3 Å². The van der Waals surface area contributed by atoms with E-state index in [-0.39, 0.29) is 11.9 Å². The SMILES string of the molecule is O=C(N/N=C/c1ccccc1)C1CC(c2cc(Cl)ccc2Cl)NN1. The van der Waals surface area contributed by atoms with E-state index in [1.165, 1.54) is 0 Å². The third-order valence-corrected chi connectivity index (χ3v) is 4.32. The zero-order chi connectivity index (χ0) is 16.9. The van der Waals surface area contributed by atoms with Crippen molar-refractivity contribution in [2.24, 2.45) is 5.10 Å². The maximum atomic E-state index is 12.2. The molecule has 2 unspecified atom stereocenters. The molecule has 1 amide bonds. The molecule has 5 nitrogen and oxygen atoms in total. The van der Waals surface area contributed by atoms with E-state index in [2.05, 4.69) is 21.4 Å². The number of nitrogens with one attached hydrogen (secondary N) is 3. The molecule has 0 aliphatic carbocycles. The molecule has 0 bridgehead atoms. The number of nitrogens with zero attached hydrogens (tertiary/aromatic N) is 1. The summed E-state index contributed by atoms with van der Waals surface area (Å²) in [5, 5.41) is 5.20. The summed E-state index contributed by atoms with van der Waals surface area (Å²) in [6.45, 7) is 0. The van der Waals surface area contributed by atoms with Gasteiger partial charge in [-0.25, -0.2) is 16.3 Å². The Labute approximate surface area is 150 Å². The van der Waals surface area contributed by atoms with Gasteiger partial charge in [-0.05, 0) is 35.7 Å². The molecule has 0 spiro atoms. The number of carbonyl (C=O) groups is 1. The Balaban J connectivity index is 1.58. The van der Waals surface area contributed by atoms with Crippen molar-refractivity contribution in [3.63, 3.8) is 0 Å². The summed E-state index contributed by atoms with van der Waals surface area (Å²) in [6.07, 6.45) is 2.15. The van der Waals surface area contributed by atoms with Crippen molar-refractivity contribution in [3.05, 3.63) is 69.7 Å².